The number of carbonyl (C=O) groups excluding carboxylic acids is 1. The third-order valence-corrected chi connectivity index (χ3v) is 4.58. The van der Waals surface area contributed by atoms with E-state index in [4.69, 9.17) is 0 Å². The Labute approximate surface area is 144 Å². The average Bonchev–Trinajstić information content (AvgIpc) is 3.00. The molecule has 1 aliphatic heterocycles. The van der Waals surface area contributed by atoms with Crippen LogP contribution in [0.1, 0.15) is 30.0 Å². The lowest BCUT2D eigenvalue weighted by Crippen LogP contribution is -2.43. The number of hydrogen-bond donors (Lipinski definition) is 2. The number of benzene rings is 2. The fourth-order valence-corrected chi connectivity index (χ4v) is 3.39. The zero-order valence-corrected chi connectivity index (χ0v) is 13.4. The minimum absolute atomic E-state index is 0.261. The smallest absolute Gasteiger partial charge is 0.319 e. The first kappa shape index (κ1) is 15.6. The van der Waals surface area contributed by atoms with Crippen LogP contribution >= 0.6 is 0 Å². The topological polar surface area (TPSA) is 41.1 Å². The fraction of sp³-hybridized carbons (Fsp3) is 0.150. The molecule has 5 heteroatoms. The highest BCUT2D eigenvalue weighted by Crippen LogP contribution is 2.40. The van der Waals surface area contributed by atoms with Crippen LogP contribution in [0.2, 0.25) is 0 Å². The van der Waals surface area contributed by atoms with Gasteiger partial charge in [0.1, 0.15) is 11.6 Å². The summed E-state index contributed by atoms with van der Waals surface area (Å²) in [5.41, 5.74) is 4.66. The molecule has 0 saturated heterocycles. The Bertz CT molecular complexity index is 883. The molecule has 0 fully saturated rings. The number of nitrogens with one attached hydrogen (secondary N) is 2. The molecule has 2 amide bonds. The van der Waals surface area contributed by atoms with E-state index in [1.807, 2.05) is 6.08 Å². The number of amides is 2. The second-order valence-corrected chi connectivity index (χ2v) is 6.20. The van der Waals surface area contributed by atoms with Crippen molar-refractivity contribution in [2.75, 3.05) is 0 Å². The minimum Gasteiger partial charge on any atom is -0.327 e. The van der Waals surface area contributed by atoms with E-state index in [9.17, 15) is 13.6 Å². The van der Waals surface area contributed by atoms with E-state index in [0.29, 0.717) is 0 Å². The van der Waals surface area contributed by atoms with Crippen LogP contribution in [-0.2, 0) is 0 Å². The third-order valence-electron chi connectivity index (χ3n) is 4.58. The van der Waals surface area contributed by atoms with Crippen molar-refractivity contribution in [3.05, 3.63) is 88.1 Å². The van der Waals surface area contributed by atoms with Crippen LogP contribution in [0.3, 0.4) is 0 Å². The van der Waals surface area contributed by atoms with Crippen molar-refractivity contribution in [1.82, 2.24) is 10.6 Å². The Morgan fingerprint density at radius 2 is 1.56 bits per heavy atom. The molecule has 1 atom stereocenters. The molecule has 3 nitrogen and oxygen atoms in total. The summed E-state index contributed by atoms with van der Waals surface area (Å²) in [6.45, 7) is 0. The third kappa shape index (κ3) is 3.05. The predicted molar refractivity (Wildman–Crippen MR) is 91.4 cm³/mol. The lowest BCUT2D eigenvalue weighted by molar-refractivity contribution is 0.239. The van der Waals surface area contributed by atoms with Gasteiger partial charge >= 0.3 is 6.03 Å². The highest BCUT2D eigenvalue weighted by atomic mass is 19.1. The SMILES string of the molecule is O=C1NC2=C(CC/C2=C\c2ccc(F)cc2)C(c2ccc(F)cc2)N1. The molecule has 0 spiro atoms. The molecular formula is C20H16F2N2O. The highest BCUT2D eigenvalue weighted by Gasteiger charge is 2.33. The van der Waals surface area contributed by atoms with Crippen LogP contribution < -0.4 is 10.6 Å². The van der Waals surface area contributed by atoms with Gasteiger partial charge in [0, 0.05) is 5.70 Å². The number of urea groups is 1. The quantitative estimate of drug-likeness (QED) is 0.834. The molecule has 1 aliphatic carbocycles. The molecule has 0 saturated carbocycles. The second-order valence-electron chi connectivity index (χ2n) is 6.20. The number of halogens is 2. The molecule has 0 radical (unpaired) electrons. The first-order valence-corrected chi connectivity index (χ1v) is 8.13. The molecule has 2 aromatic carbocycles. The van der Waals surface area contributed by atoms with Crippen molar-refractivity contribution in [3.8, 4) is 0 Å². The zero-order valence-electron chi connectivity index (χ0n) is 13.4. The molecule has 126 valence electrons. The monoisotopic (exact) mass is 338 g/mol. The van der Waals surface area contributed by atoms with E-state index in [0.717, 1.165) is 40.8 Å². The lowest BCUT2D eigenvalue weighted by Gasteiger charge is -2.27. The summed E-state index contributed by atoms with van der Waals surface area (Å²) in [5, 5.41) is 5.79. The van der Waals surface area contributed by atoms with Crippen LogP contribution in [0.5, 0.6) is 0 Å². The Morgan fingerprint density at radius 1 is 0.920 bits per heavy atom. The normalized spacial score (nSPS) is 21.1. The zero-order chi connectivity index (χ0) is 17.4. The van der Waals surface area contributed by atoms with Crippen molar-refractivity contribution < 1.29 is 13.6 Å². The van der Waals surface area contributed by atoms with Crippen LogP contribution in [0, 0.1) is 11.6 Å². The lowest BCUT2D eigenvalue weighted by atomic mass is 9.96. The summed E-state index contributed by atoms with van der Waals surface area (Å²) in [4.78, 5) is 12.1. The highest BCUT2D eigenvalue weighted by molar-refractivity contribution is 5.82. The molecule has 2 aromatic rings. The predicted octanol–water partition coefficient (Wildman–Crippen LogP) is 4.45. The minimum atomic E-state index is -0.304. The molecule has 0 bridgehead atoms. The number of allylic oxidation sites excluding steroid dienone is 1. The Balaban J connectivity index is 1.71. The molecule has 1 heterocycles. The average molecular weight is 338 g/mol. The fourth-order valence-electron chi connectivity index (χ4n) is 3.39. The van der Waals surface area contributed by atoms with Gasteiger partial charge in [-0.15, -0.1) is 0 Å². The number of rotatable bonds is 2. The van der Waals surface area contributed by atoms with E-state index >= 15 is 0 Å². The number of carbonyl (C=O) groups is 1. The molecular weight excluding hydrogens is 322 g/mol. The maximum atomic E-state index is 13.2. The molecule has 2 N–H and O–H groups in total. The van der Waals surface area contributed by atoms with Crippen molar-refractivity contribution in [2.24, 2.45) is 0 Å². The van der Waals surface area contributed by atoms with Gasteiger partial charge in [0.05, 0.1) is 6.04 Å². The van der Waals surface area contributed by atoms with Crippen molar-refractivity contribution >= 4 is 12.1 Å². The molecule has 2 aliphatic rings. The molecule has 4 rings (SSSR count). The van der Waals surface area contributed by atoms with Crippen molar-refractivity contribution in [1.29, 1.82) is 0 Å². The van der Waals surface area contributed by atoms with E-state index in [-0.39, 0.29) is 23.7 Å². The van der Waals surface area contributed by atoms with Crippen LogP contribution in [-0.4, -0.2) is 6.03 Å². The van der Waals surface area contributed by atoms with Crippen molar-refractivity contribution in [3.63, 3.8) is 0 Å². The maximum absolute atomic E-state index is 13.2. The largest absolute Gasteiger partial charge is 0.327 e. The van der Waals surface area contributed by atoms with Crippen LogP contribution in [0.15, 0.2) is 65.4 Å². The summed E-state index contributed by atoms with van der Waals surface area (Å²) in [6.07, 6.45) is 3.56. The summed E-state index contributed by atoms with van der Waals surface area (Å²) in [6, 6.07) is 11.9. The van der Waals surface area contributed by atoms with Gasteiger partial charge in [-0.1, -0.05) is 24.3 Å². The van der Waals surface area contributed by atoms with E-state index in [1.165, 1.54) is 24.3 Å². The first-order chi connectivity index (χ1) is 12.1. The summed E-state index contributed by atoms with van der Waals surface area (Å²) in [7, 11) is 0. The van der Waals surface area contributed by atoms with E-state index in [2.05, 4.69) is 10.6 Å². The Hall–Kier alpha value is -2.95. The van der Waals surface area contributed by atoms with E-state index < -0.39 is 0 Å². The van der Waals surface area contributed by atoms with E-state index in [1.54, 1.807) is 24.3 Å². The Morgan fingerprint density at radius 3 is 2.24 bits per heavy atom. The van der Waals surface area contributed by atoms with Gasteiger partial charge in [0.25, 0.3) is 0 Å². The van der Waals surface area contributed by atoms with Crippen molar-refractivity contribution in [2.45, 2.75) is 18.9 Å². The number of hydrogen-bond acceptors (Lipinski definition) is 1. The molecule has 0 aromatic heterocycles. The van der Waals surface area contributed by atoms with Gasteiger partial charge in [-0.3, -0.25) is 0 Å². The maximum Gasteiger partial charge on any atom is 0.319 e. The van der Waals surface area contributed by atoms with Gasteiger partial charge in [0.15, 0.2) is 0 Å². The van der Waals surface area contributed by atoms with Gasteiger partial charge in [-0.05, 0) is 65.5 Å². The standard InChI is InChI=1S/C20H16F2N2O/c21-15-6-1-12(2-7-15)11-14-5-10-17-18(23-20(25)24-19(14)17)13-3-8-16(22)9-4-13/h1-4,6-9,11,18H,5,10H2,(H2,23,24,25)/b14-11+. The van der Waals surface area contributed by atoms with Crippen LogP contribution in [0.4, 0.5) is 13.6 Å². The van der Waals surface area contributed by atoms with Gasteiger partial charge < -0.3 is 10.6 Å². The summed E-state index contributed by atoms with van der Waals surface area (Å²) < 4.78 is 26.2. The molecule has 25 heavy (non-hydrogen) atoms. The Kier molecular flexibility index (Phi) is 3.84. The van der Waals surface area contributed by atoms with Gasteiger partial charge in [0.2, 0.25) is 0 Å². The van der Waals surface area contributed by atoms with Gasteiger partial charge in [-0.2, -0.15) is 0 Å². The molecule has 1 unspecified atom stereocenters. The van der Waals surface area contributed by atoms with Gasteiger partial charge in [-0.25, -0.2) is 13.6 Å². The van der Waals surface area contributed by atoms with Crippen LogP contribution in [0.25, 0.3) is 6.08 Å². The summed E-state index contributed by atoms with van der Waals surface area (Å²) in [5.74, 6) is -0.582. The summed E-state index contributed by atoms with van der Waals surface area (Å²) >= 11 is 0. The second kappa shape index (κ2) is 6.16. The first-order valence-electron chi connectivity index (χ1n) is 8.13.